The standard InChI is InChI=1S/C20H29BrN2O4Si/c1-19(2,3)26-17(24)23(18(25)27-20(4,5)6)16-14(10-11-28(7,8)9)12-15(21)13-22-16/h12-13H,1-9H3. The fourth-order valence-electron chi connectivity index (χ4n) is 1.82. The van der Waals surface area contributed by atoms with Crippen molar-refractivity contribution in [2.24, 2.45) is 0 Å². The minimum absolute atomic E-state index is 0.0810. The number of hydrogen-bond acceptors (Lipinski definition) is 5. The summed E-state index contributed by atoms with van der Waals surface area (Å²) in [6, 6.07) is 1.72. The minimum atomic E-state index is -1.70. The van der Waals surface area contributed by atoms with Gasteiger partial charge in [0.25, 0.3) is 0 Å². The van der Waals surface area contributed by atoms with Gasteiger partial charge in [0.05, 0.1) is 5.56 Å². The molecule has 2 amide bonds. The van der Waals surface area contributed by atoms with E-state index in [4.69, 9.17) is 9.47 Å². The van der Waals surface area contributed by atoms with E-state index >= 15 is 0 Å². The number of carbonyl (C=O) groups excluding carboxylic acids is 2. The second-order valence-corrected chi connectivity index (χ2v) is 15.0. The third-order valence-corrected chi connectivity index (χ3v) is 4.08. The normalized spacial score (nSPS) is 11.9. The van der Waals surface area contributed by atoms with Gasteiger partial charge in [0, 0.05) is 10.7 Å². The molecule has 154 valence electrons. The van der Waals surface area contributed by atoms with Crippen molar-refractivity contribution >= 4 is 42.0 Å². The van der Waals surface area contributed by atoms with Crippen molar-refractivity contribution in [1.82, 2.24) is 4.98 Å². The van der Waals surface area contributed by atoms with Crippen LogP contribution in [0.2, 0.25) is 19.6 Å². The summed E-state index contributed by atoms with van der Waals surface area (Å²) in [5, 5.41) is 0. The van der Waals surface area contributed by atoms with Crippen LogP contribution in [0.4, 0.5) is 15.4 Å². The highest BCUT2D eigenvalue weighted by Crippen LogP contribution is 2.25. The zero-order valence-electron chi connectivity index (χ0n) is 18.1. The summed E-state index contributed by atoms with van der Waals surface area (Å²) < 4.78 is 11.5. The maximum absolute atomic E-state index is 12.8. The Labute approximate surface area is 177 Å². The molecule has 0 aliphatic rings. The lowest BCUT2D eigenvalue weighted by molar-refractivity contribution is 0.0429. The van der Waals surface area contributed by atoms with Gasteiger partial charge in [0.15, 0.2) is 5.82 Å². The number of halogens is 1. The van der Waals surface area contributed by atoms with Crippen LogP contribution in [0.1, 0.15) is 47.1 Å². The zero-order valence-corrected chi connectivity index (χ0v) is 20.6. The van der Waals surface area contributed by atoms with Crippen molar-refractivity contribution in [3.63, 3.8) is 0 Å². The van der Waals surface area contributed by atoms with E-state index in [-0.39, 0.29) is 5.82 Å². The SMILES string of the molecule is CC(C)(C)OC(=O)N(C(=O)OC(C)(C)C)c1ncc(Br)cc1C#C[Si](C)(C)C. The average Bonchev–Trinajstić information content (AvgIpc) is 2.42. The van der Waals surface area contributed by atoms with E-state index < -0.39 is 31.5 Å². The van der Waals surface area contributed by atoms with Crippen LogP contribution in [0.25, 0.3) is 0 Å². The van der Waals surface area contributed by atoms with Gasteiger partial charge in [-0.1, -0.05) is 25.6 Å². The summed E-state index contributed by atoms with van der Waals surface area (Å²) in [6.07, 6.45) is -0.239. The van der Waals surface area contributed by atoms with Crippen molar-refractivity contribution in [2.45, 2.75) is 72.4 Å². The van der Waals surface area contributed by atoms with Crippen molar-refractivity contribution in [3.05, 3.63) is 22.3 Å². The Bertz CT molecular complexity index is 781. The minimum Gasteiger partial charge on any atom is -0.443 e. The third kappa shape index (κ3) is 8.44. The van der Waals surface area contributed by atoms with Gasteiger partial charge in [-0.05, 0) is 63.5 Å². The molecule has 0 aromatic carbocycles. The third-order valence-electron chi connectivity index (χ3n) is 2.77. The molecular weight excluding hydrogens is 440 g/mol. The van der Waals surface area contributed by atoms with E-state index in [0.29, 0.717) is 10.0 Å². The number of carbonyl (C=O) groups is 2. The van der Waals surface area contributed by atoms with E-state index in [1.165, 1.54) is 6.20 Å². The van der Waals surface area contributed by atoms with Gasteiger partial charge in [-0.3, -0.25) is 0 Å². The highest BCUT2D eigenvalue weighted by atomic mass is 79.9. The summed E-state index contributed by atoms with van der Waals surface area (Å²) in [5.41, 5.74) is 2.08. The Balaban J connectivity index is 3.54. The quantitative estimate of drug-likeness (QED) is 0.387. The Kier molecular flexibility index (Phi) is 7.48. The van der Waals surface area contributed by atoms with E-state index in [0.717, 1.165) is 4.90 Å². The summed E-state index contributed by atoms with van der Waals surface area (Å²) >= 11 is 3.37. The highest BCUT2D eigenvalue weighted by molar-refractivity contribution is 9.10. The molecule has 1 rings (SSSR count). The Morgan fingerprint density at radius 1 is 1.04 bits per heavy atom. The molecule has 0 saturated carbocycles. The molecule has 0 saturated heterocycles. The van der Waals surface area contributed by atoms with Crippen molar-refractivity contribution in [1.29, 1.82) is 0 Å². The number of nitrogens with zero attached hydrogens (tertiary/aromatic N) is 2. The molecule has 8 heteroatoms. The summed E-state index contributed by atoms with van der Waals surface area (Å²) in [6.45, 7) is 16.6. The monoisotopic (exact) mass is 468 g/mol. The molecule has 0 radical (unpaired) electrons. The molecule has 28 heavy (non-hydrogen) atoms. The van der Waals surface area contributed by atoms with Crippen LogP contribution in [0.15, 0.2) is 16.7 Å². The molecule has 0 unspecified atom stereocenters. The molecule has 1 aromatic heterocycles. The fraction of sp³-hybridized carbons (Fsp3) is 0.550. The second kappa shape index (κ2) is 8.66. The molecule has 0 aliphatic carbocycles. The van der Waals surface area contributed by atoms with E-state index in [9.17, 15) is 9.59 Å². The van der Waals surface area contributed by atoms with Gasteiger partial charge in [0.1, 0.15) is 19.3 Å². The van der Waals surface area contributed by atoms with E-state index in [2.05, 4.69) is 52.0 Å². The lowest BCUT2D eigenvalue weighted by atomic mass is 10.2. The van der Waals surface area contributed by atoms with Crippen molar-refractivity contribution in [2.75, 3.05) is 4.90 Å². The highest BCUT2D eigenvalue weighted by Gasteiger charge is 2.35. The lowest BCUT2D eigenvalue weighted by Gasteiger charge is -2.28. The molecule has 0 aliphatic heterocycles. The van der Waals surface area contributed by atoms with Crippen LogP contribution < -0.4 is 4.90 Å². The van der Waals surface area contributed by atoms with Gasteiger partial charge in [-0.2, -0.15) is 4.90 Å². The predicted molar refractivity (Wildman–Crippen MR) is 117 cm³/mol. The Morgan fingerprint density at radius 3 is 1.89 bits per heavy atom. The largest absolute Gasteiger partial charge is 0.443 e. The van der Waals surface area contributed by atoms with Gasteiger partial charge in [0.2, 0.25) is 0 Å². The predicted octanol–water partition coefficient (Wildman–Crippen LogP) is 5.75. The Morgan fingerprint density at radius 2 is 1.50 bits per heavy atom. The maximum atomic E-state index is 12.8. The van der Waals surface area contributed by atoms with Crippen LogP contribution in [0.5, 0.6) is 0 Å². The van der Waals surface area contributed by atoms with Gasteiger partial charge < -0.3 is 9.47 Å². The number of rotatable bonds is 1. The average molecular weight is 469 g/mol. The molecule has 0 atom stereocenters. The first-order valence-corrected chi connectivity index (χ1v) is 13.2. The number of imide groups is 1. The van der Waals surface area contributed by atoms with E-state index in [1.807, 2.05) is 0 Å². The molecule has 1 aromatic rings. The number of ether oxygens (including phenoxy) is 2. The molecular formula is C20H29BrN2O4Si. The van der Waals surface area contributed by atoms with Crippen molar-refractivity contribution in [3.8, 4) is 11.5 Å². The molecule has 0 fully saturated rings. The topological polar surface area (TPSA) is 68.7 Å². The van der Waals surface area contributed by atoms with Crippen LogP contribution in [0.3, 0.4) is 0 Å². The fourth-order valence-corrected chi connectivity index (χ4v) is 2.66. The van der Waals surface area contributed by atoms with Crippen LogP contribution in [-0.2, 0) is 9.47 Å². The Hall–Kier alpha value is -1.85. The van der Waals surface area contributed by atoms with Gasteiger partial charge >= 0.3 is 12.2 Å². The number of amides is 2. The maximum Gasteiger partial charge on any atom is 0.425 e. The smallest absolute Gasteiger partial charge is 0.425 e. The first-order valence-electron chi connectivity index (χ1n) is 8.93. The number of hydrogen-bond donors (Lipinski definition) is 0. The van der Waals surface area contributed by atoms with Crippen LogP contribution in [0, 0.1) is 11.5 Å². The van der Waals surface area contributed by atoms with Crippen LogP contribution in [-0.4, -0.2) is 36.4 Å². The lowest BCUT2D eigenvalue weighted by Crippen LogP contribution is -2.44. The summed E-state index contributed by atoms with van der Waals surface area (Å²) in [5.74, 6) is 3.15. The first-order chi connectivity index (χ1) is 12.5. The molecule has 1 heterocycles. The molecule has 0 bridgehead atoms. The van der Waals surface area contributed by atoms with Crippen LogP contribution >= 0.6 is 15.9 Å². The summed E-state index contributed by atoms with van der Waals surface area (Å²) in [7, 11) is -1.70. The number of anilines is 1. The van der Waals surface area contributed by atoms with Gasteiger partial charge in [-0.15, -0.1) is 5.54 Å². The van der Waals surface area contributed by atoms with Gasteiger partial charge in [-0.25, -0.2) is 14.6 Å². The number of pyridine rings is 1. The molecule has 6 nitrogen and oxygen atoms in total. The molecule has 0 spiro atoms. The zero-order chi connectivity index (χ0) is 21.9. The number of aromatic nitrogens is 1. The first kappa shape index (κ1) is 24.2. The molecule has 0 N–H and O–H groups in total. The second-order valence-electron chi connectivity index (χ2n) is 9.32. The van der Waals surface area contributed by atoms with E-state index in [1.54, 1.807) is 47.6 Å². The van der Waals surface area contributed by atoms with Crippen molar-refractivity contribution < 1.29 is 19.1 Å². The summed E-state index contributed by atoms with van der Waals surface area (Å²) in [4.78, 5) is 30.7.